The molecule has 0 aliphatic carbocycles. The fourth-order valence-electron chi connectivity index (χ4n) is 3.91. The molecule has 0 spiro atoms. The second-order valence-electron chi connectivity index (χ2n) is 7.43. The molecule has 7 nitrogen and oxygen atoms in total. The van der Waals surface area contributed by atoms with Crippen LogP contribution >= 0.6 is 0 Å². The lowest BCUT2D eigenvalue weighted by molar-refractivity contribution is -0.137. The van der Waals surface area contributed by atoms with Gasteiger partial charge in [0, 0.05) is 43.3 Å². The van der Waals surface area contributed by atoms with Crippen LogP contribution in [0.5, 0.6) is 0 Å². The monoisotopic (exact) mass is 372 g/mol. The first-order valence-electron chi connectivity index (χ1n) is 9.59. The highest BCUT2D eigenvalue weighted by Crippen LogP contribution is 2.22. The van der Waals surface area contributed by atoms with Crippen molar-refractivity contribution in [2.45, 2.75) is 19.8 Å². The third-order valence-corrected chi connectivity index (χ3v) is 5.55. The molecule has 3 rings (SSSR count). The van der Waals surface area contributed by atoms with E-state index >= 15 is 0 Å². The number of hydrogen-bond donors (Lipinski definition) is 1. The molecule has 0 bridgehead atoms. The van der Waals surface area contributed by atoms with E-state index in [1.807, 2.05) is 34.1 Å². The number of carbonyl (C=O) groups excluding carboxylic acids is 3. The molecule has 0 aromatic heterocycles. The Balaban J connectivity index is 1.48. The molecule has 2 saturated heterocycles. The number of nitrogens with zero attached hydrogens (tertiary/aromatic N) is 3. The van der Waals surface area contributed by atoms with Crippen LogP contribution in [0.15, 0.2) is 24.3 Å². The SMILES string of the molecule is CC(=O)c1ccc(N2CCN(C(=O)C3CCN(CC(N)=O)CC3)CC2)cc1. The molecule has 0 unspecified atom stereocenters. The number of piperazine rings is 1. The van der Waals surface area contributed by atoms with Gasteiger partial charge in [-0.3, -0.25) is 19.3 Å². The van der Waals surface area contributed by atoms with Crippen LogP contribution in [0.1, 0.15) is 30.1 Å². The molecule has 2 heterocycles. The Morgan fingerprint density at radius 2 is 1.56 bits per heavy atom. The van der Waals surface area contributed by atoms with Crippen molar-refractivity contribution < 1.29 is 14.4 Å². The summed E-state index contributed by atoms with van der Waals surface area (Å²) in [6.45, 7) is 6.38. The fraction of sp³-hybridized carbons (Fsp3) is 0.550. The van der Waals surface area contributed by atoms with E-state index in [1.54, 1.807) is 6.92 Å². The van der Waals surface area contributed by atoms with Crippen molar-refractivity contribution in [2.75, 3.05) is 50.7 Å². The van der Waals surface area contributed by atoms with Gasteiger partial charge in [-0.25, -0.2) is 0 Å². The first kappa shape index (κ1) is 19.4. The summed E-state index contributed by atoms with van der Waals surface area (Å²) in [5.74, 6) is 0.0434. The topological polar surface area (TPSA) is 87.0 Å². The highest BCUT2D eigenvalue weighted by atomic mass is 16.2. The lowest BCUT2D eigenvalue weighted by Crippen LogP contribution is -2.52. The summed E-state index contributed by atoms with van der Waals surface area (Å²) >= 11 is 0. The normalized spacial score (nSPS) is 19.1. The van der Waals surface area contributed by atoms with Crippen LogP contribution in [-0.4, -0.2) is 73.2 Å². The van der Waals surface area contributed by atoms with Crippen molar-refractivity contribution in [3.8, 4) is 0 Å². The van der Waals surface area contributed by atoms with Gasteiger partial charge in [0.15, 0.2) is 5.78 Å². The largest absolute Gasteiger partial charge is 0.369 e. The number of rotatable bonds is 5. The summed E-state index contributed by atoms with van der Waals surface area (Å²) in [7, 11) is 0. The van der Waals surface area contributed by atoms with Gasteiger partial charge < -0.3 is 15.5 Å². The fourth-order valence-corrected chi connectivity index (χ4v) is 3.91. The Morgan fingerprint density at radius 3 is 2.07 bits per heavy atom. The zero-order valence-electron chi connectivity index (χ0n) is 15.9. The van der Waals surface area contributed by atoms with Crippen LogP contribution in [-0.2, 0) is 9.59 Å². The molecule has 1 aromatic rings. The van der Waals surface area contributed by atoms with Gasteiger partial charge in [-0.1, -0.05) is 0 Å². The predicted molar refractivity (Wildman–Crippen MR) is 104 cm³/mol. The predicted octanol–water partition coefficient (Wildman–Crippen LogP) is 0.735. The molecule has 0 radical (unpaired) electrons. The van der Waals surface area contributed by atoms with Crippen LogP contribution in [0.25, 0.3) is 0 Å². The Kier molecular flexibility index (Phi) is 6.11. The van der Waals surface area contributed by atoms with Crippen LogP contribution in [0.3, 0.4) is 0 Å². The summed E-state index contributed by atoms with van der Waals surface area (Å²) in [5, 5.41) is 0. The van der Waals surface area contributed by atoms with E-state index in [0.29, 0.717) is 0 Å². The first-order valence-corrected chi connectivity index (χ1v) is 9.59. The Morgan fingerprint density at radius 1 is 0.963 bits per heavy atom. The number of nitrogens with two attached hydrogens (primary N) is 1. The van der Waals surface area contributed by atoms with Gasteiger partial charge >= 0.3 is 0 Å². The minimum atomic E-state index is -0.313. The van der Waals surface area contributed by atoms with Crippen molar-refractivity contribution in [3.63, 3.8) is 0 Å². The van der Waals surface area contributed by atoms with Crippen molar-refractivity contribution in [3.05, 3.63) is 29.8 Å². The van der Waals surface area contributed by atoms with Gasteiger partial charge in [-0.2, -0.15) is 0 Å². The number of piperidine rings is 1. The molecule has 146 valence electrons. The lowest BCUT2D eigenvalue weighted by atomic mass is 9.95. The molecule has 2 aliphatic rings. The van der Waals surface area contributed by atoms with Crippen molar-refractivity contribution >= 4 is 23.3 Å². The molecular formula is C20H28N4O3. The average Bonchev–Trinajstić information content (AvgIpc) is 2.68. The maximum absolute atomic E-state index is 12.8. The molecule has 2 N–H and O–H groups in total. The maximum atomic E-state index is 12.8. The third kappa shape index (κ3) is 4.86. The van der Waals surface area contributed by atoms with Crippen molar-refractivity contribution in [2.24, 2.45) is 11.7 Å². The lowest BCUT2D eigenvalue weighted by Gasteiger charge is -2.39. The first-order chi connectivity index (χ1) is 12.9. The van der Waals surface area contributed by atoms with E-state index in [2.05, 4.69) is 4.90 Å². The third-order valence-electron chi connectivity index (χ3n) is 5.55. The minimum absolute atomic E-state index is 0.0514. The summed E-state index contributed by atoms with van der Waals surface area (Å²) in [6.07, 6.45) is 1.58. The van der Waals surface area contributed by atoms with Crippen LogP contribution in [0, 0.1) is 5.92 Å². The number of primary amides is 1. The number of anilines is 1. The number of amides is 2. The summed E-state index contributed by atoms with van der Waals surface area (Å²) in [4.78, 5) is 41.5. The Labute approximate surface area is 160 Å². The zero-order valence-corrected chi connectivity index (χ0v) is 15.9. The van der Waals surface area contributed by atoms with Gasteiger partial charge in [0.25, 0.3) is 0 Å². The summed E-state index contributed by atoms with van der Waals surface area (Å²) in [6, 6.07) is 7.66. The van der Waals surface area contributed by atoms with E-state index in [4.69, 9.17) is 5.73 Å². The van der Waals surface area contributed by atoms with Crippen molar-refractivity contribution in [1.29, 1.82) is 0 Å². The molecule has 7 heteroatoms. The molecule has 27 heavy (non-hydrogen) atoms. The van der Waals surface area contributed by atoms with E-state index in [9.17, 15) is 14.4 Å². The second kappa shape index (κ2) is 8.52. The maximum Gasteiger partial charge on any atom is 0.231 e. The highest BCUT2D eigenvalue weighted by Gasteiger charge is 2.30. The smallest absolute Gasteiger partial charge is 0.231 e. The van der Waals surface area contributed by atoms with E-state index in [0.717, 1.165) is 63.4 Å². The molecule has 0 saturated carbocycles. The Bertz CT molecular complexity index is 688. The number of benzene rings is 1. The molecule has 0 atom stereocenters. The van der Waals surface area contributed by atoms with Gasteiger partial charge in [-0.15, -0.1) is 0 Å². The van der Waals surface area contributed by atoms with Gasteiger partial charge in [0.05, 0.1) is 6.54 Å². The van der Waals surface area contributed by atoms with Gasteiger partial charge in [-0.05, 0) is 57.1 Å². The van der Waals surface area contributed by atoms with Gasteiger partial charge in [0.2, 0.25) is 11.8 Å². The number of likely N-dealkylation sites (tertiary alicyclic amines) is 1. The van der Waals surface area contributed by atoms with Gasteiger partial charge in [0.1, 0.15) is 0 Å². The number of hydrogen-bond acceptors (Lipinski definition) is 5. The minimum Gasteiger partial charge on any atom is -0.369 e. The van der Waals surface area contributed by atoms with Crippen LogP contribution in [0.4, 0.5) is 5.69 Å². The Hall–Kier alpha value is -2.41. The molecular weight excluding hydrogens is 344 g/mol. The quantitative estimate of drug-likeness (QED) is 0.770. The zero-order chi connectivity index (χ0) is 19.4. The molecule has 2 aliphatic heterocycles. The summed E-state index contributed by atoms with van der Waals surface area (Å²) in [5.41, 5.74) is 7.05. The average molecular weight is 372 g/mol. The van der Waals surface area contributed by atoms with Crippen molar-refractivity contribution in [1.82, 2.24) is 9.80 Å². The number of Topliss-reactive ketones (excluding diaryl/α,β-unsaturated/α-hetero) is 1. The second-order valence-corrected chi connectivity index (χ2v) is 7.43. The number of carbonyl (C=O) groups is 3. The number of ketones is 1. The standard InChI is InChI=1S/C20H28N4O3/c1-15(25)16-2-4-18(5-3-16)23-10-12-24(13-11-23)20(27)17-6-8-22(9-7-17)14-19(21)26/h2-5,17H,6-14H2,1H3,(H2,21,26). The molecule has 2 amide bonds. The van der Waals surface area contributed by atoms with E-state index in [1.165, 1.54) is 0 Å². The van der Waals surface area contributed by atoms with E-state index < -0.39 is 0 Å². The van der Waals surface area contributed by atoms with Crippen LogP contribution in [0.2, 0.25) is 0 Å². The summed E-state index contributed by atoms with van der Waals surface area (Å²) < 4.78 is 0. The highest BCUT2D eigenvalue weighted by molar-refractivity contribution is 5.94. The van der Waals surface area contributed by atoms with Crippen LogP contribution < -0.4 is 10.6 Å². The molecule has 2 fully saturated rings. The molecule has 1 aromatic carbocycles. The van der Waals surface area contributed by atoms with E-state index in [-0.39, 0.29) is 30.1 Å².